The van der Waals surface area contributed by atoms with Crippen LogP contribution in [0.2, 0.25) is 0 Å². The number of ether oxygens (including phenoxy) is 1. The highest BCUT2D eigenvalue weighted by molar-refractivity contribution is 5.78. The minimum absolute atomic E-state index is 0.0469. The average Bonchev–Trinajstić information content (AvgIpc) is 2.41. The van der Waals surface area contributed by atoms with Crippen LogP contribution in [0.4, 0.5) is 0 Å². The number of aryl methyl sites for hydroxylation is 1. The lowest BCUT2D eigenvalue weighted by molar-refractivity contribution is 0.374. The van der Waals surface area contributed by atoms with E-state index in [1.165, 1.54) is 7.11 Å². The van der Waals surface area contributed by atoms with Gasteiger partial charge in [0.05, 0.1) is 7.11 Å². The quantitative estimate of drug-likeness (QED) is 0.880. The first-order valence-electron chi connectivity index (χ1n) is 6.65. The number of benzene rings is 2. The van der Waals surface area contributed by atoms with Gasteiger partial charge in [-0.05, 0) is 42.2 Å². The summed E-state index contributed by atoms with van der Waals surface area (Å²) in [6, 6.07) is 9.14. The van der Waals surface area contributed by atoms with Crippen LogP contribution in [0.5, 0.6) is 17.2 Å². The first-order valence-corrected chi connectivity index (χ1v) is 6.65. The molecule has 2 aromatic rings. The van der Waals surface area contributed by atoms with E-state index < -0.39 is 0 Å². The lowest BCUT2D eigenvalue weighted by Crippen LogP contribution is -1.91. The molecule has 0 saturated heterocycles. The van der Waals surface area contributed by atoms with Gasteiger partial charge in [0, 0.05) is 11.1 Å². The van der Waals surface area contributed by atoms with E-state index in [1.54, 1.807) is 12.1 Å². The molecule has 20 heavy (non-hydrogen) atoms. The molecule has 0 saturated carbocycles. The first-order chi connectivity index (χ1) is 9.43. The van der Waals surface area contributed by atoms with Gasteiger partial charge in [0.15, 0.2) is 11.5 Å². The van der Waals surface area contributed by atoms with Crippen LogP contribution in [0, 0.1) is 6.92 Å². The minimum Gasteiger partial charge on any atom is -0.507 e. The van der Waals surface area contributed by atoms with E-state index in [2.05, 4.69) is 13.8 Å². The molecule has 0 spiro atoms. The number of phenolic OH excluding ortho intramolecular Hbond substituents is 2. The molecule has 3 nitrogen and oxygen atoms in total. The first kappa shape index (κ1) is 14.3. The molecule has 0 amide bonds. The number of aromatic hydroxyl groups is 2. The van der Waals surface area contributed by atoms with E-state index in [0.29, 0.717) is 22.8 Å². The molecular weight excluding hydrogens is 252 g/mol. The Morgan fingerprint density at radius 3 is 2.25 bits per heavy atom. The van der Waals surface area contributed by atoms with Crippen LogP contribution >= 0.6 is 0 Å². The van der Waals surface area contributed by atoms with Gasteiger partial charge < -0.3 is 14.9 Å². The van der Waals surface area contributed by atoms with Gasteiger partial charge in [-0.25, -0.2) is 0 Å². The molecule has 106 valence electrons. The summed E-state index contributed by atoms with van der Waals surface area (Å²) >= 11 is 0. The molecule has 0 fully saturated rings. The standard InChI is InChI=1S/C17H20O3/c1-10(2)12-5-6-13(15(18)9-12)14-7-11(3)8-16(20-4)17(14)19/h5-10,18-19H,1-4H3. The van der Waals surface area contributed by atoms with Crippen molar-refractivity contribution < 1.29 is 14.9 Å². The van der Waals surface area contributed by atoms with Gasteiger partial charge in [0.2, 0.25) is 0 Å². The van der Waals surface area contributed by atoms with Crippen molar-refractivity contribution in [2.24, 2.45) is 0 Å². The molecule has 0 atom stereocenters. The van der Waals surface area contributed by atoms with Crippen molar-refractivity contribution in [3.63, 3.8) is 0 Å². The summed E-state index contributed by atoms with van der Waals surface area (Å²) in [5, 5.41) is 20.5. The Bertz CT molecular complexity index is 630. The van der Waals surface area contributed by atoms with Crippen LogP contribution in [-0.2, 0) is 0 Å². The second-order valence-electron chi connectivity index (χ2n) is 5.29. The number of methoxy groups -OCH3 is 1. The average molecular weight is 272 g/mol. The summed E-state index contributed by atoms with van der Waals surface area (Å²) in [4.78, 5) is 0. The van der Waals surface area contributed by atoms with Crippen LogP contribution in [-0.4, -0.2) is 17.3 Å². The van der Waals surface area contributed by atoms with Crippen molar-refractivity contribution in [3.05, 3.63) is 41.5 Å². The van der Waals surface area contributed by atoms with E-state index in [4.69, 9.17) is 4.74 Å². The molecule has 0 heterocycles. The van der Waals surface area contributed by atoms with Crippen molar-refractivity contribution in [2.75, 3.05) is 7.11 Å². The van der Waals surface area contributed by atoms with Gasteiger partial charge in [-0.3, -0.25) is 0 Å². The summed E-state index contributed by atoms with van der Waals surface area (Å²) < 4.78 is 5.16. The molecule has 0 aliphatic carbocycles. The molecule has 0 unspecified atom stereocenters. The zero-order valence-corrected chi connectivity index (χ0v) is 12.3. The van der Waals surface area contributed by atoms with E-state index in [-0.39, 0.29) is 11.5 Å². The van der Waals surface area contributed by atoms with Crippen molar-refractivity contribution in [2.45, 2.75) is 26.7 Å². The van der Waals surface area contributed by atoms with Crippen LogP contribution in [0.25, 0.3) is 11.1 Å². The van der Waals surface area contributed by atoms with Gasteiger partial charge in [-0.1, -0.05) is 26.0 Å². The maximum Gasteiger partial charge on any atom is 0.165 e. The molecule has 0 aromatic heterocycles. The second-order valence-corrected chi connectivity index (χ2v) is 5.29. The predicted molar refractivity (Wildman–Crippen MR) is 80.6 cm³/mol. The van der Waals surface area contributed by atoms with Gasteiger partial charge in [-0.2, -0.15) is 0 Å². The van der Waals surface area contributed by atoms with E-state index in [9.17, 15) is 10.2 Å². The summed E-state index contributed by atoms with van der Waals surface area (Å²) in [6.07, 6.45) is 0. The van der Waals surface area contributed by atoms with Crippen LogP contribution < -0.4 is 4.74 Å². The Kier molecular flexibility index (Phi) is 3.89. The summed E-state index contributed by atoms with van der Waals surface area (Å²) in [5.41, 5.74) is 3.20. The third-order valence-electron chi connectivity index (χ3n) is 3.42. The normalized spacial score (nSPS) is 10.8. The van der Waals surface area contributed by atoms with E-state index >= 15 is 0 Å². The monoisotopic (exact) mass is 272 g/mol. The fourth-order valence-electron chi connectivity index (χ4n) is 2.24. The SMILES string of the molecule is COc1cc(C)cc(-c2ccc(C(C)C)cc2O)c1O. The second kappa shape index (κ2) is 5.45. The molecule has 2 N–H and O–H groups in total. The summed E-state index contributed by atoms with van der Waals surface area (Å²) in [7, 11) is 1.51. The Morgan fingerprint density at radius 2 is 1.70 bits per heavy atom. The van der Waals surface area contributed by atoms with Crippen LogP contribution in [0.3, 0.4) is 0 Å². The van der Waals surface area contributed by atoms with Gasteiger partial charge in [0.25, 0.3) is 0 Å². The number of phenols is 2. The summed E-state index contributed by atoms with van der Waals surface area (Å²) in [6.45, 7) is 6.06. The topological polar surface area (TPSA) is 49.7 Å². The maximum atomic E-state index is 10.2. The van der Waals surface area contributed by atoms with Crippen molar-refractivity contribution in [1.82, 2.24) is 0 Å². The highest BCUT2D eigenvalue weighted by Crippen LogP contribution is 2.42. The highest BCUT2D eigenvalue weighted by atomic mass is 16.5. The maximum absolute atomic E-state index is 10.2. The Balaban J connectivity index is 2.60. The Hall–Kier alpha value is -2.16. The van der Waals surface area contributed by atoms with Crippen LogP contribution in [0.15, 0.2) is 30.3 Å². The molecule has 2 rings (SSSR count). The zero-order valence-electron chi connectivity index (χ0n) is 12.3. The number of hydrogen-bond acceptors (Lipinski definition) is 3. The van der Waals surface area contributed by atoms with Gasteiger partial charge in [0.1, 0.15) is 5.75 Å². The molecule has 0 aliphatic rings. The third-order valence-corrected chi connectivity index (χ3v) is 3.42. The fourth-order valence-corrected chi connectivity index (χ4v) is 2.24. The van der Waals surface area contributed by atoms with Crippen molar-refractivity contribution in [1.29, 1.82) is 0 Å². The molecule has 0 radical (unpaired) electrons. The molecule has 2 aromatic carbocycles. The number of rotatable bonds is 3. The number of hydrogen-bond donors (Lipinski definition) is 2. The zero-order chi connectivity index (χ0) is 14.9. The van der Waals surface area contributed by atoms with Gasteiger partial charge >= 0.3 is 0 Å². The fraction of sp³-hybridized carbons (Fsp3) is 0.294. The molecule has 3 heteroatoms. The molecular formula is C17H20O3. The minimum atomic E-state index is 0.0469. The van der Waals surface area contributed by atoms with Crippen LogP contribution in [0.1, 0.15) is 30.9 Å². The predicted octanol–water partition coefficient (Wildman–Crippen LogP) is 4.21. The third kappa shape index (κ3) is 2.57. The van der Waals surface area contributed by atoms with Gasteiger partial charge in [-0.15, -0.1) is 0 Å². The Labute approximate surface area is 119 Å². The highest BCUT2D eigenvalue weighted by Gasteiger charge is 2.15. The lowest BCUT2D eigenvalue weighted by Gasteiger charge is -2.13. The Morgan fingerprint density at radius 1 is 1.00 bits per heavy atom. The molecule has 0 aliphatic heterocycles. The largest absolute Gasteiger partial charge is 0.507 e. The molecule has 0 bridgehead atoms. The summed E-state index contributed by atoms with van der Waals surface area (Å²) in [5.74, 6) is 0.966. The van der Waals surface area contributed by atoms with E-state index in [1.807, 2.05) is 25.1 Å². The van der Waals surface area contributed by atoms with E-state index in [0.717, 1.165) is 11.1 Å². The van der Waals surface area contributed by atoms with Crippen molar-refractivity contribution >= 4 is 0 Å². The lowest BCUT2D eigenvalue weighted by atomic mass is 9.96. The van der Waals surface area contributed by atoms with Crippen molar-refractivity contribution in [3.8, 4) is 28.4 Å². The smallest absolute Gasteiger partial charge is 0.165 e.